The first-order valence-corrected chi connectivity index (χ1v) is 5.77. The summed E-state index contributed by atoms with van der Waals surface area (Å²) in [6, 6.07) is 4.23. The van der Waals surface area contributed by atoms with Gasteiger partial charge in [-0.3, -0.25) is 0 Å². The molecule has 0 atom stereocenters. The second-order valence-electron chi connectivity index (χ2n) is 4.32. The second-order valence-corrected chi connectivity index (χ2v) is 4.32. The van der Waals surface area contributed by atoms with Gasteiger partial charge in [-0.05, 0) is 61.2 Å². The molecule has 0 saturated heterocycles. The van der Waals surface area contributed by atoms with Crippen molar-refractivity contribution in [3.8, 4) is 5.75 Å². The van der Waals surface area contributed by atoms with Gasteiger partial charge in [0.2, 0.25) is 0 Å². The lowest BCUT2D eigenvalue weighted by atomic mass is 9.92. The first kappa shape index (κ1) is 11.2. The predicted molar refractivity (Wildman–Crippen MR) is 67.9 cm³/mol. The molecule has 0 unspecified atom stereocenters. The third-order valence-electron chi connectivity index (χ3n) is 3.13. The summed E-state index contributed by atoms with van der Waals surface area (Å²) in [7, 11) is 1.72. The highest BCUT2D eigenvalue weighted by molar-refractivity contribution is 5.72. The molecule has 1 aliphatic heterocycles. The molecule has 0 radical (unpaired) electrons. The van der Waals surface area contributed by atoms with Crippen LogP contribution in [-0.4, -0.2) is 20.2 Å². The Labute approximate surface area is 97.3 Å². The van der Waals surface area contributed by atoms with Crippen molar-refractivity contribution >= 4 is 5.57 Å². The monoisotopic (exact) mass is 217 g/mol. The van der Waals surface area contributed by atoms with Gasteiger partial charge in [0.25, 0.3) is 0 Å². The zero-order valence-corrected chi connectivity index (χ0v) is 10.3. The summed E-state index contributed by atoms with van der Waals surface area (Å²) < 4.78 is 5.29. The Hall–Kier alpha value is -1.28. The summed E-state index contributed by atoms with van der Waals surface area (Å²) in [5, 5.41) is 3.34. The molecule has 86 valence electrons. The minimum absolute atomic E-state index is 0.952. The molecule has 0 fully saturated rings. The van der Waals surface area contributed by atoms with E-state index in [2.05, 4.69) is 37.4 Å². The molecule has 1 aromatic carbocycles. The number of rotatable bonds is 2. The van der Waals surface area contributed by atoms with Crippen LogP contribution in [0.5, 0.6) is 5.75 Å². The fraction of sp³-hybridized carbons (Fsp3) is 0.429. The number of aryl methyl sites for hydroxylation is 2. The Morgan fingerprint density at radius 3 is 2.38 bits per heavy atom. The maximum atomic E-state index is 5.29. The van der Waals surface area contributed by atoms with E-state index in [1.807, 2.05) is 0 Å². The topological polar surface area (TPSA) is 21.3 Å². The fourth-order valence-electron chi connectivity index (χ4n) is 2.40. The largest absolute Gasteiger partial charge is 0.497 e. The van der Waals surface area contributed by atoms with Gasteiger partial charge in [0.1, 0.15) is 5.75 Å². The van der Waals surface area contributed by atoms with E-state index in [-0.39, 0.29) is 0 Å². The SMILES string of the molecule is COc1cc(C)c(C2=CCNCC2)c(C)c1. The van der Waals surface area contributed by atoms with Crippen LogP contribution in [0.15, 0.2) is 18.2 Å². The molecular weight excluding hydrogens is 198 g/mol. The highest BCUT2D eigenvalue weighted by Crippen LogP contribution is 2.29. The molecule has 0 amide bonds. The van der Waals surface area contributed by atoms with Gasteiger partial charge >= 0.3 is 0 Å². The number of hydrogen-bond acceptors (Lipinski definition) is 2. The molecule has 1 aliphatic rings. The normalized spacial score (nSPS) is 15.8. The van der Waals surface area contributed by atoms with Gasteiger partial charge in [0, 0.05) is 6.54 Å². The van der Waals surface area contributed by atoms with E-state index in [4.69, 9.17) is 4.74 Å². The molecule has 1 heterocycles. The number of hydrogen-bond donors (Lipinski definition) is 1. The first-order chi connectivity index (χ1) is 7.72. The van der Waals surface area contributed by atoms with E-state index < -0.39 is 0 Å². The summed E-state index contributed by atoms with van der Waals surface area (Å²) in [5.41, 5.74) is 5.49. The van der Waals surface area contributed by atoms with Crippen molar-refractivity contribution < 1.29 is 4.74 Å². The lowest BCUT2D eigenvalue weighted by Crippen LogP contribution is -2.20. The molecule has 0 aromatic heterocycles. The molecule has 0 saturated carbocycles. The number of nitrogens with one attached hydrogen (secondary N) is 1. The molecule has 2 nitrogen and oxygen atoms in total. The second kappa shape index (κ2) is 4.71. The van der Waals surface area contributed by atoms with Crippen molar-refractivity contribution in [3.05, 3.63) is 34.9 Å². The van der Waals surface area contributed by atoms with Gasteiger partial charge < -0.3 is 10.1 Å². The van der Waals surface area contributed by atoms with Crippen LogP contribution in [-0.2, 0) is 0 Å². The van der Waals surface area contributed by atoms with Crippen molar-refractivity contribution in [1.82, 2.24) is 5.32 Å². The average molecular weight is 217 g/mol. The molecule has 2 rings (SSSR count). The lowest BCUT2D eigenvalue weighted by molar-refractivity contribution is 0.414. The summed E-state index contributed by atoms with van der Waals surface area (Å²) in [6.07, 6.45) is 3.42. The van der Waals surface area contributed by atoms with Crippen molar-refractivity contribution in [2.24, 2.45) is 0 Å². The molecule has 0 spiro atoms. The minimum atomic E-state index is 0.952. The van der Waals surface area contributed by atoms with Gasteiger partial charge in [-0.15, -0.1) is 0 Å². The molecule has 2 heteroatoms. The molecular formula is C14H19NO. The first-order valence-electron chi connectivity index (χ1n) is 5.77. The predicted octanol–water partition coefficient (Wildman–Crippen LogP) is 2.69. The van der Waals surface area contributed by atoms with Crippen LogP contribution in [0.2, 0.25) is 0 Å². The molecule has 16 heavy (non-hydrogen) atoms. The third kappa shape index (κ3) is 2.12. The van der Waals surface area contributed by atoms with Gasteiger partial charge in [-0.25, -0.2) is 0 Å². The summed E-state index contributed by atoms with van der Waals surface area (Å²) in [5.74, 6) is 0.952. The van der Waals surface area contributed by atoms with Crippen molar-refractivity contribution in [1.29, 1.82) is 0 Å². The highest BCUT2D eigenvalue weighted by atomic mass is 16.5. The van der Waals surface area contributed by atoms with Gasteiger partial charge in [0.15, 0.2) is 0 Å². The van der Waals surface area contributed by atoms with E-state index in [0.717, 1.165) is 25.3 Å². The smallest absolute Gasteiger partial charge is 0.119 e. The number of methoxy groups -OCH3 is 1. The minimum Gasteiger partial charge on any atom is -0.497 e. The van der Waals surface area contributed by atoms with Crippen LogP contribution in [0.3, 0.4) is 0 Å². The van der Waals surface area contributed by atoms with Gasteiger partial charge in [-0.2, -0.15) is 0 Å². The van der Waals surface area contributed by atoms with E-state index in [9.17, 15) is 0 Å². The van der Waals surface area contributed by atoms with E-state index in [0.29, 0.717) is 0 Å². The maximum absolute atomic E-state index is 5.29. The molecule has 1 aromatic rings. The van der Waals surface area contributed by atoms with Crippen molar-refractivity contribution in [2.75, 3.05) is 20.2 Å². The summed E-state index contributed by atoms with van der Waals surface area (Å²) >= 11 is 0. The van der Waals surface area contributed by atoms with E-state index in [1.54, 1.807) is 7.11 Å². The zero-order valence-electron chi connectivity index (χ0n) is 10.3. The van der Waals surface area contributed by atoms with Crippen LogP contribution < -0.4 is 10.1 Å². The molecule has 1 N–H and O–H groups in total. The Morgan fingerprint density at radius 1 is 1.19 bits per heavy atom. The highest BCUT2D eigenvalue weighted by Gasteiger charge is 2.12. The number of benzene rings is 1. The van der Waals surface area contributed by atoms with Crippen LogP contribution in [0.25, 0.3) is 5.57 Å². The Balaban J connectivity index is 2.44. The average Bonchev–Trinajstić information content (AvgIpc) is 2.29. The number of ether oxygens (including phenoxy) is 1. The third-order valence-corrected chi connectivity index (χ3v) is 3.13. The molecule has 0 bridgehead atoms. The quantitative estimate of drug-likeness (QED) is 0.822. The maximum Gasteiger partial charge on any atom is 0.119 e. The lowest BCUT2D eigenvalue weighted by Gasteiger charge is -2.19. The Kier molecular flexibility index (Phi) is 3.30. The van der Waals surface area contributed by atoms with Crippen LogP contribution in [0.4, 0.5) is 0 Å². The van der Waals surface area contributed by atoms with E-state index >= 15 is 0 Å². The van der Waals surface area contributed by atoms with E-state index in [1.165, 1.54) is 22.3 Å². The summed E-state index contributed by atoms with van der Waals surface area (Å²) in [6.45, 7) is 6.39. The van der Waals surface area contributed by atoms with Crippen molar-refractivity contribution in [2.45, 2.75) is 20.3 Å². The van der Waals surface area contributed by atoms with Crippen LogP contribution in [0, 0.1) is 13.8 Å². The zero-order chi connectivity index (χ0) is 11.5. The van der Waals surface area contributed by atoms with Gasteiger partial charge in [-0.1, -0.05) is 6.08 Å². The Bertz CT molecular complexity index is 398. The van der Waals surface area contributed by atoms with Crippen LogP contribution >= 0.6 is 0 Å². The standard InChI is InChI=1S/C14H19NO/c1-10-8-13(16-3)9-11(2)14(10)12-4-6-15-7-5-12/h4,8-9,15H,5-7H2,1-3H3. The summed E-state index contributed by atoms with van der Waals surface area (Å²) in [4.78, 5) is 0. The van der Waals surface area contributed by atoms with Gasteiger partial charge in [0.05, 0.1) is 7.11 Å². The van der Waals surface area contributed by atoms with Crippen molar-refractivity contribution in [3.63, 3.8) is 0 Å². The van der Waals surface area contributed by atoms with Crippen LogP contribution in [0.1, 0.15) is 23.1 Å². The fourth-order valence-corrected chi connectivity index (χ4v) is 2.40. The molecule has 0 aliphatic carbocycles. The Morgan fingerprint density at radius 2 is 1.88 bits per heavy atom.